The maximum atomic E-state index is 14.6. The number of nitrogens with one attached hydrogen (secondary N) is 1. The standard InChI is InChI=1S/C17H20F2N2O5S/c1-10(22)20-8-13-9-21(17(23)26-13)12-6-14(18)16(15(19)7-12)11-2-4-27(24,25)5-3-11/h2,4,6-7,11,13,24-25H,3,5,8-9H2,1H3,(H,20,22)/t11?,13-/m0/s1. The van der Waals surface area contributed by atoms with Crippen LogP contribution in [0.5, 0.6) is 0 Å². The summed E-state index contributed by atoms with van der Waals surface area (Å²) >= 11 is 0. The minimum absolute atomic E-state index is 0.0214. The van der Waals surface area contributed by atoms with Crippen LogP contribution in [0.1, 0.15) is 24.8 Å². The molecule has 1 fully saturated rings. The van der Waals surface area contributed by atoms with E-state index in [1.165, 1.54) is 18.4 Å². The van der Waals surface area contributed by atoms with E-state index in [4.69, 9.17) is 4.74 Å². The van der Waals surface area contributed by atoms with Gasteiger partial charge in [0.15, 0.2) is 0 Å². The lowest BCUT2D eigenvalue weighted by molar-refractivity contribution is -0.119. The van der Waals surface area contributed by atoms with E-state index in [-0.39, 0.29) is 42.4 Å². The molecule has 1 aromatic carbocycles. The number of benzene rings is 1. The van der Waals surface area contributed by atoms with E-state index < -0.39 is 40.3 Å². The molecule has 2 atom stereocenters. The lowest BCUT2D eigenvalue weighted by Crippen LogP contribution is -2.33. The second kappa shape index (κ2) is 7.45. The fourth-order valence-corrected chi connectivity index (χ4v) is 4.28. The van der Waals surface area contributed by atoms with Crippen LogP contribution in [0.25, 0.3) is 0 Å². The molecule has 27 heavy (non-hydrogen) atoms. The van der Waals surface area contributed by atoms with Gasteiger partial charge in [0.1, 0.15) is 17.7 Å². The van der Waals surface area contributed by atoms with Gasteiger partial charge in [-0.25, -0.2) is 13.6 Å². The molecule has 0 aliphatic carbocycles. The van der Waals surface area contributed by atoms with E-state index >= 15 is 0 Å². The van der Waals surface area contributed by atoms with Gasteiger partial charge in [0.25, 0.3) is 0 Å². The Morgan fingerprint density at radius 2 is 2.04 bits per heavy atom. The average Bonchev–Trinajstić information content (AvgIpc) is 2.94. The summed E-state index contributed by atoms with van der Waals surface area (Å²) in [5.74, 6) is -2.50. The van der Waals surface area contributed by atoms with Crippen LogP contribution in [0.2, 0.25) is 0 Å². The molecule has 7 nitrogen and oxygen atoms in total. The third kappa shape index (κ3) is 4.40. The molecule has 1 saturated heterocycles. The maximum Gasteiger partial charge on any atom is 0.414 e. The molecule has 0 radical (unpaired) electrons. The van der Waals surface area contributed by atoms with Gasteiger partial charge >= 0.3 is 6.09 Å². The Kier molecular flexibility index (Phi) is 5.41. The molecule has 148 valence electrons. The summed E-state index contributed by atoms with van der Waals surface area (Å²) in [5, 5.41) is 3.72. The monoisotopic (exact) mass is 402 g/mol. The normalized spacial score (nSPS) is 25.2. The molecule has 0 bridgehead atoms. The van der Waals surface area contributed by atoms with Gasteiger partial charge in [0.2, 0.25) is 5.91 Å². The topological polar surface area (TPSA) is 99.1 Å². The van der Waals surface area contributed by atoms with Gasteiger partial charge in [-0.3, -0.25) is 18.8 Å². The number of hydrogen-bond donors (Lipinski definition) is 3. The summed E-state index contributed by atoms with van der Waals surface area (Å²) in [6, 6.07) is 2.11. The van der Waals surface area contributed by atoms with Crippen LogP contribution in [0.15, 0.2) is 23.6 Å². The van der Waals surface area contributed by atoms with Crippen molar-refractivity contribution < 1.29 is 32.2 Å². The predicted molar refractivity (Wildman–Crippen MR) is 96.9 cm³/mol. The van der Waals surface area contributed by atoms with Gasteiger partial charge < -0.3 is 10.1 Å². The second-order valence-corrected chi connectivity index (χ2v) is 8.64. The smallest absolute Gasteiger partial charge is 0.414 e. The molecule has 2 amide bonds. The number of amides is 2. The number of anilines is 1. The number of carbonyl (C=O) groups is 2. The minimum Gasteiger partial charge on any atom is -0.442 e. The molecule has 1 unspecified atom stereocenters. The molecule has 3 N–H and O–H groups in total. The van der Waals surface area contributed by atoms with E-state index in [9.17, 15) is 27.5 Å². The maximum absolute atomic E-state index is 14.6. The van der Waals surface area contributed by atoms with Crippen LogP contribution in [-0.2, 0) is 9.53 Å². The van der Waals surface area contributed by atoms with Crippen molar-refractivity contribution in [3.05, 3.63) is 40.8 Å². The summed E-state index contributed by atoms with van der Waals surface area (Å²) in [5.41, 5.74) is -0.152. The van der Waals surface area contributed by atoms with Crippen LogP contribution in [0.3, 0.4) is 0 Å². The molecule has 0 saturated carbocycles. The van der Waals surface area contributed by atoms with Crippen LogP contribution in [-0.4, -0.2) is 46.1 Å². The van der Waals surface area contributed by atoms with E-state index in [0.29, 0.717) is 0 Å². The molecule has 0 aromatic heterocycles. The van der Waals surface area contributed by atoms with E-state index in [1.807, 2.05) is 0 Å². The number of halogens is 2. The zero-order chi connectivity index (χ0) is 19.8. The number of hydrogen-bond acceptors (Lipinski definition) is 5. The van der Waals surface area contributed by atoms with Gasteiger partial charge in [-0.15, -0.1) is 0 Å². The summed E-state index contributed by atoms with van der Waals surface area (Å²) < 4.78 is 53.4. The molecule has 3 rings (SSSR count). The Morgan fingerprint density at radius 1 is 1.37 bits per heavy atom. The molecule has 10 heteroatoms. The van der Waals surface area contributed by atoms with Crippen molar-refractivity contribution in [3.63, 3.8) is 0 Å². The Hall–Kier alpha value is -2.17. The van der Waals surface area contributed by atoms with E-state index in [1.54, 1.807) is 0 Å². The van der Waals surface area contributed by atoms with Gasteiger partial charge in [0.05, 0.1) is 18.8 Å². The highest BCUT2D eigenvalue weighted by Crippen LogP contribution is 2.48. The molecular formula is C17H20F2N2O5S. The van der Waals surface area contributed by atoms with Gasteiger partial charge in [-0.05, 0) is 18.6 Å². The van der Waals surface area contributed by atoms with E-state index in [2.05, 4.69) is 5.32 Å². The highest BCUT2D eigenvalue weighted by molar-refractivity contribution is 8.26. The Morgan fingerprint density at radius 3 is 2.59 bits per heavy atom. The lowest BCUT2D eigenvalue weighted by atomic mass is 9.95. The van der Waals surface area contributed by atoms with Crippen molar-refractivity contribution in [2.75, 3.05) is 23.7 Å². The van der Waals surface area contributed by atoms with Crippen molar-refractivity contribution in [1.29, 1.82) is 0 Å². The summed E-state index contributed by atoms with van der Waals surface area (Å²) in [6.45, 7) is 1.50. The second-order valence-electron chi connectivity index (χ2n) is 6.52. The zero-order valence-corrected chi connectivity index (χ0v) is 15.3. The van der Waals surface area contributed by atoms with Crippen molar-refractivity contribution in [1.82, 2.24) is 5.32 Å². The Labute approximate surface area is 156 Å². The number of allylic oxidation sites excluding steroid dienone is 1. The Bertz CT molecular complexity index is 779. The fraction of sp³-hybridized carbons (Fsp3) is 0.412. The van der Waals surface area contributed by atoms with Gasteiger partial charge in [-0.1, -0.05) is 6.08 Å². The van der Waals surface area contributed by atoms with Crippen LogP contribution >= 0.6 is 10.6 Å². The van der Waals surface area contributed by atoms with Crippen molar-refractivity contribution >= 4 is 28.3 Å². The van der Waals surface area contributed by atoms with Crippen LogP contribution in [0.4, 0.5) is 19.3 Å². The first kappa shape index (κ1) is 19.6. The molecular weight excluding hydrogens is 382 g/mol. The summed E-state index contributed by atoms with van der Waals surface area (Å²) in [4.78, 5) is 24.1. The van der Waals surface area contributed by atoms with Crippen LogP contribution in [0, 0.1) is 11.6 Å². The van der Waals surface area contributed by atoms with Crippen molar-refractivity contribution in [3.8, 4) is 0 Å². The minimum atomic E-state index is -2.82. The van der Waals surface area contributed by atoms with Crippen molar-refractivity contribution in [2.45, 2.75) is 25.4 Å². The average molecular weight is 402 g/mol. The van der Waals surface area contributed by atoms with Gasteiger partial charge in [-0.2, -0.15) is 10.6 Å². The third-order valence-corrected chi connectivity index (χ3v) is 5.89. The molecule has 1 aromatic rings. The number of carbonyl (C=O) groups excluding carboxylic acids is 2. The zero-order valence-electron chi connectivity index (χ0n) is 14.5. The van der Waals surface area contributed by atoms with Crippen LogP contribution < -0.4 is 10.2 Å². The quantitative estimate of drug-likeness (QED) is 0.718. The lowest BCUT2D eigenvalue weighted by Gasteiger charge is -2.34. The third-order valence-electron chi connectivity index (χ3n) is 4.46. The first-order valence-corrected chi connectivity index (χ1v) is 10.1. The summed E-state index contributed by atoms with van der Waals surface area (Å²) in [7, 11) is -2.82. The highest BCUT2D eigenvalue weighted by Gasteiger charge is 2.34. The van der Waals surface area contributed by atoms with E-state index in [0.717, 1.165) is 17.0 Å². The molecule has 2 heterocycles. The highest BCUT2D eigenvalue weighted by atomic mass is 32.3. The summed E-state index contributed by atoms with van der Waals surface area (Å²) in [6.07, 6.45) is 0.242. The predicted octanol–water partition coefficient (Wildman–Crippen LogP) is 3.18. The fourth-order valence-electron chi connectivity index (χ4n) is 3.10. The molecule has 0 spiro atoms. The first-order chi connectivity index (χ1) is 12.7. The number of rotatable bonds is 4. The van der Waals surface area contributed by atoms with Gasteiger partial charge in [0, 0.05) is 29.6 Å². The van der Waals surface area contributed by atoms with Crippen molar-refractivity contribution in [2.24, 2.45) is 0 Å². The molecule has 2 aliphatic heterocycles. The number of cyclic esters (lactones) is 1. The molecule has 2 aliphatic rings. The Balaban J connectivity index is 1.79. The largest absolute Gasteiger partial charge is 0.442 e. The number of nitrogens with zero attached hydrogens (tertiary/aromatic N) is 1. The first-order valence-electron chi connectivity index (χ1n) is 8.32. The SMILES string of the molecule is CC(=O)NC[C@H]1CN(c2cc(F)c(C3C=CS(O)(O)CC3)c(F)c2)C(=O)O1. The number of ether oxygens (including phenoxy) is 1.